The highest BCUT2D eigenvalue weighted by atomic mass is 32.1. The van der Waals surface area contributed by atoms with E-state index >= 15 is 0 Å². The quantitative estimate of drug-likeness (QED) is 0.364. The van der Waals surface area contributed by atoms with Crippen molar-refractivity contribution in [1.29, 1.82) is 0 Å². The summed E-state index contributed by atoms with van der Waals surface area (Å²) in [4.78, 5) is 6.06. The molecule has 0 radical (unpaired) electrons. The zero-order chi connectivity index (χ0) is 17.5. The molecule has 126 valence electrons. The molecule has 26 heavy (non-hydrogen) atoms. The van der Waals surface area contributed by atoms with Crippen molar-refractivity contribution >= 4 is 26.5 Å². The van der Waals surface area contributed by atoms with E-state index in [4.69, 9.17) is 4.98 Å². The molecule has 3 heteroatoms. The molecule has 0 atom stereocenters. The van der Waals surface area contributed by atoms with E-state index in [-0.39, 0.29) is 0 Å². The van der Waals surface area contributed by atoms with E-state index in [1.165, 1.54) is 27.0 Å². The lowest BCUT2D eigenvalue weighted by atomic mass is 10.0. The Labute approximate surface area is 156 Å². The summed E-state index contributed by atoms with van der Waals surface area (Å²) < 4.78 is 3.57. The summed E-state index contributed by atoms with van der Waals surface area (Å²) in [7, 11) is 0. The van der Waals surface area contributed by atoms with Gasteiger partial charge in [-0.1, -0.05) is 85.0 Å². The number of fused-ring (bicyclic) bond motifs is 3. The number of benzene rings is 3. The van der Waals surface area contributed by atoms with Gasteiger partial charge in [-0.05, 0) is 24.1 Å². The molecule has 0 aliphatic rings. The Bertz CT molecular complexity index is 1200. The molecule has 0 N–H and O–H groups in total. The maximum atomic E-state index is 5.02. The van der Waals surface area contributed by atoms with Crippen LogP contribution in [0.5, 0.6) is 0 Å². The highest BCUT2D eigenvalue weighted by Crippen LogP contribution is 2.38. The van der Waals surface area contributed by atoms with Crippen molar-refractivity contribution in [2.24, 2.45) is 0 Å². The SMILES string of the molecule is CCc1ccc(-c2c(-c3ccccc3)nc3sc4ccccc4n23)cc1. The van der Waals surface area contributed by atoms with Gasteiger partial charge in [-0.25, -0.2) is 4.98 Å². The Balaban J connectivity index is 1.86. The summed E-state index contributed by atoms with van der Waals surface area (Å²) in [6, 6.07) is 27.9. The maximum Gasteiger partial charge on any atom is 0.195 e. The first-order valence-corrected chi connectivity index (χ1v) is 9.71. The molecule has 0 saturated heterocycles. The van der Waals surface area contributed by atoms with Gasteiger partial charge in [0.1, 0.15) is 0 Å². The van der Waals surface area contributed by atoms with Crippen molar-refractivity contribution in [2.45, 2.75) is 13.3 Å². The number of aromatic nitrogens is 2. The third-order valence-electron chi connectivity index (χ3n) is 4.84. The molecule has 0 spiro atoms. The normalized spacial score (nSPS) is 11.4. The summed E-state index contributed by atoms with van der Waals surface area (Å²) in [6.45, 7) is 2.19. The minimum atomic E-state index is 1.04. The standard InChI is InChI=1S/C23H18N2S/c1-2-16-12-14-18(15-13-16)22-21(17-8-4-3-5-9-17)24-23-25(22)19-10-6-7-11-20(19)26-23/h3-15H,2H2,1H3. The number of rotatable bonds is 3. The predicted octanol–water partition coefficient (Wildman–Crippen LogP) is 6.45. The van der Waals surface area contributed by atoms with Crippen molar-refractivity contribution < 1.29 is 0 Å². The number of para-hydroxylation sites is 1. The minimum absolute atomic E-state index is 1.04. The van der Waals surface area contributed by atoms with Gasteiger partial charge in [0.25, 0.3) is 0 Å². The fourth-order valence-corrected chi connectivity index (χ4v) is 4.51. The minimum Gasteiger partial charge on any atom is -0.282 e. The third-order valence-corrected chi connectivity index (χ3v) is 5.86. The van der Waals surface area contributed by atoms with E-state index < -0.39 is 0 Å². The van der Waals surface area contributed by atoms with E-state index in [0.717, 1.165) is 22.6 Å². The zero-order valence-electron chi connectivity index (χ0n) is 14.5. The Kier molecular flexibility index (Phi) is 3.61. The Morgan fingerprint density at radius 2 is 1.54 bits per heavy atom. The van der Waals surface area contributed by atoms with Crippen molar-refractivity contribution in [2.75, 3.05) is 0 Å². The molecule has 0 fully saturated rings. The van der Waals surface area contributed by atoms with Crippen LogP contribution >= 0.6 is 11.3 Å². The number of hydrogen-bond acceptors (Lipinski definition) is 2. The Hall–Kier alpha value is -2.91. The molecular weight excluding hydrogens is 336 g/mol. The molecule has 2 aromatic heterocycles. The topological polar surface area (TPSA) is 17.3 Å². The van der Waals surface area contributed by atoms with Crippen molar-refractivity contribution in [3.8, 4) is 22.5 Å². The van der Waals surface area contributed by atoms with Crippen LogP contribution in [-0.4, -0.2) is 9.38 Å². The van der Waals surface area contributed by atoms with Gasteiger partial charge in [-0.2, -0.15) is 0 Å². The lowest BCUT2D eigenvalue weighted by Gasteiger charge is -2.07. The van der Waals surface area contributed by atoms with Crippen molar-refractivity contribution in [3.63, 3.8) is 0 Å². The monoisotopic (exact) mass is 354 g/mol. The van der Waals surface area contributed by atoms with E-state index in [1.807, 2.05) is 6.07 Å². The third kappa shape index (κ3) is 2.36. The van der Waals surface area contributed by atoms with E-state index in [0.29, 0.717) is 0 Å². The first kappa shape index (κ1) is 15.4. The first-order valence-electron chi connectivity index (χ1n) is 8.90. The van der Waals surface area contributed by atoms with E-state index in [9.17, 15) is 0 Å². The summed E-state index contributed by atoms with van der Waals surface area (Å²) in [5.41, 5.74) is 7.15. The Morgan fingerprint density at radius 1 is 0.808 bits per heavy atom. The zero-order valence-corrected chi connectivity index (χ0v) is 15.3. The highest BCUT2D eigenvalue weighted by Gasteiger charge is 2.19. The molecule has 0 aliphatic carbocycles. The van der Waals surface area contributed by atoms with Crippen LogP contribution in [-0.2, 0) is 6.42 Å². The van der Waals surface area contributed by atoms with Crippen LogP contribution in [0.3, 0.4) is 0 Å². The second kappa shape index (κ2) is 6.11. The molecule has 0 amide bonds. The van der Waals surface area contributed by atoms with Gasteiger partial charge in [0.05, 0.1) is 21.6 Å². The number of imidazole rings is 1. The molecule has 0 saturated carbocycles. The summed E-state index contributed by atoms with van der Waals surface area (Å²) in [6.07, 6.45) is 1.05. The molecule has 0 aliphatic heterocycles. The van der Waals surface area contributed by atoms with E-state index in [1.54, 1.807) is 11.3 Å². The average Bonchev–Trinajstić information content (AvgIpc) is 3.25. The molecule has 0 unspecified atom stereocenters. The summed E-state index contributed by atoms with van der Waals surface area (Å²) in [5.74, 6) is 0. The fourth-order valence-electron chi connectivity index (χ4n) is 3.48. The van der Waals surface area contributed by atoms with Crippen LogP contribution in [0.1, 0.15) is 12.5 Å². The van der Waals surface area contributed by atoms with E-state index in [2.05, 4.69) is 84.1 Å². The smallest absolute Gasteiger partial charge is 0.195 e. The molecule has 5 rings (SSSR count). The average molecular weight is 354 g/mol. The van der Waals surface area contributed by atoms with Crippen LogP contribution in [0.15, 0.2) is 78.9 Å². The summed E-state index contributed by atoms with van der Waals surface area (Å²) in [5, 5.41) is 0. The van der Waals surface area contributed by atoms with Crippen molar-refractivity contribution in [3.05, 3.63) is 84.4 Å². The lowest BCUT2D eigenvalue weighted by molar-refractivity contribution is 1.14. The molecule has 0 bridgehead atoms. The van der Waals surface area contributed by atoms with Gasteiger partial charge < -0.3 is 0 Å². The van der Waals surface area contributed by atoms with Gasteiger partial charge in [0.2, 0.25) is 0 Å². The maximum absolute atomic E-state index is 5.02. The van der Waals surface area contributed by atoms with Gasteiger partial charge in [0, 0.05) is 11.1 Å². The molecule has 2 heterocycles. The van der Waals surface area contributed by atoms with Gasteiger partial charge >= 0.3 is 0 Å². The molecule has 5 aromatic rings. The van der Waals surface area contributed by atoms with Gasteiger partial charge in [-0.3, -0.25) is 4.40 Å². The molecular formula is C23H18N2S. The second-order valence-corrected chi connectivity index (χ2v) is 7.42. The highest BCUT2D eigenvalue weighted by molar-refractivity contribution is 7.23. The lowest BCUT2D eigenvalue weighted by Crippen LogP contribution is -1.90. The van der Waals surface area contributed by atoms with Crippen molar-refractivity contribution in [1.82, 2.24) is 9.38 Å². The fraction of sp³-hybridized carbons (Fsp3) is 0.0870. The van der Waals surface area contributed by atoms with Crippen LogP contribution in [0.4, 0.5) is 0 Å². The van der Waals surface area contributed by atoms with Crippen LogP contribution in [0, 0.1) is 0 Å². The number of thiazole rings is 1. The summed E-state index contributed by atoms with van der Waals surface area (Å²) >= 11 is 1.75. The Morgan fingerprint density at radius 3 is 2.31 bits per heavy atom. The van der Waals surface area contributed by atoms with Gasteiger partial charge in [0.15, 0.2) is 4.96 Å². The number of nitrogens with zero attached hydrogens (tertiary/aromatic N) is 2. The van der Waals surface area contributed by atoms with Gasteiger partial charge in [-0.15, -0.1) is 0 Å². The molecule has 3 aromatic carbocycles. The largest absolute Gasteiger partial charge is 0.282 e. The number of hydrogen-bond donors (Lipinski definition) is 0. The number of aryl methyl sites for hydroxylation is 1. The van der Waals surface area contributed by atoms with Crippen LogP contribution in [0.2, 0.25) is 0 Å². The van der Waals surface area contributed by atoms with Crippen LogP contribution < -0.4 is 0 Å². The van der Waals surface area contributed by atoms with Crippen LogP contribution in [0.25, 0.3) is 37.7 Å². The predicted molar refractivity (Wildman–Crippen MR) is 111 cm³/mol. The second-order valence-electron chi connectivity index (χ2n) is 6.41. The first-order chi connectivity index (χ1) is 12.8. The molecule has 2 nitrogen and oxygen atoms in total.